The van der Waals surface area contributed by atoms with Crippen molar-refractivity contribution in [2.45, 2.75) is 13.3 Å². The van der Waals surface area contributed by atoms with Crippen molar-refractivity contribution in [2.75, 3.05) is 13.3 Å². The van der Waals surface area contributed by atoms with E-state index in [-0.39, 0.29) is 12.7 Å². The van der Waals surface area contributed by atoms with Crippen molar-refractivity contribution >= 4 is 5.91 Å². The van der Waals surface area contributed by atoms with Gasteiger partial charge in [-0.05, 0) is 43.2 Å². The van der Waals surface area contributed by atoms with Crippen molar-refractivity contribution < 1.29 is 14.3 Å². The van der Waals surface area contributed by atoms with E-state index in [1.807, 2.05) is 48.9 Å². The SMILES string of the molecule is Cc1ccc(C(=O)NCCc2ccc3c(c2)OCO3)n1C. The standard InChI is InChI=1S/C16H18N2O3/c1-11-3-5-13(18(11)2)16(19)17-8-7-12-4-6-14-15(9-12)21-10-20-14/h3-6,9H,7-8,10H2,1-2H3,(H,17,19). The molecule has 5 nitrogen and oxygen atoms in total. The van der Waals surface area contributed by atoms with Crippen LogP contribution in [0.25, 0.3) is 0 Å². The molecule has 1 amide bonds. The Labute approximate surface area is 123 Å². The second-order valence-corrected chi connectivity index (χ2v) is 5.11. The lowest BCUT2D eigenvalue weighted by Crippen LogP contribution is -2.27. The molecule has 0 aliphatic carbocycles. The molecule has 0 fully saturated rings. The van der Waals surface area contributed by atoms with Gasteiger partial charge in [0.2, 0.25) is 6.79 Å². The Bertz CT molecular complexity index is 676. The summed E-state index contributed by atoms with van der Waals surface area (Å²) in [6, 6.07) is 9.63. The molecule has 0 saturated heterocycles. The van der Waals surface area contributed by atoms with Crippen LogP contribution in [0.2, 0.25) is 0 Å². The molecule has 0 radical (unpaired) electrons. The van der Waals surface area contributed by atoms with Crippen LogP contribution in [0.3, 0.4) is 0 Å². The maximum absolute atomic E-state index is 12.1. The summed E-state index contributed by atoms with van der Waals surface area (Å²) in [6.07, 6.45) is 0.756. The van der Waals surface area contributed by atoms with Gasteiger partial charge in [-0.3, -0.25) is 4.79 Å². The summed E-state index contributed by atoms with van der Waals surface area (Å²) in [5.41, 5.74) is 2.86. The molecule has 110 valence electrons. The second kappa shape index (κ2) is 5.52. The molecule has 2 heterocycles. The van der Waals surface area contributed by atoms with Crippen LogP contribution in [0.5, 0.6) is 11.5 Å². The molecule has 0 bridgehead atoms. The largest absolute Gasteiger partial charge is 0.454 e. The number of carbonyl (C=O) groups excluding carboxylic acids is 1. The molecular formula is C16H18N2O3. The quantitative estimate of drug-likeness (QED) is 0.935. The molecular weight excluding hydrogens is 268 g/mol. The summed E-state index contributed by atoms with van der Waals surface area (Å²) in [7, 11) is 1.89. The topological polar surface area (TPSA) is 52.5 Å². The number of nitrogens with zero attached hydrogens (tertiary/aromatic N) is 1. The van der Waals surface area contributed by atoms with Crippen LogP contribution < -0.4 is 14.8 Å². The number of hydrogen-bond acceptors (Lipinski definition) is 3. The fourth-order valence-electron chi connectivity index (χ4n) is 2.35. The van der Waals surface area contributed by atoms with Gasteiger partial charge in [0, 0.05) is 19.3 Å². The van der Waals surface area contributed by atoms with E-state index >= 15 is 0 Å². The Hall–Kier alpha value is -2.43. The number of hydrogen-bond donors (Lipinski definition) is 1. The Morgan fingerprint density at radius 1 is 1.24 bits per heavy atom. The molecule has 1 N–H and O–H groups in total. The Morgan fingerprint density at radius 2 is 2.05 bits per heavy atom. The third-order valence-corrected chi connectivity index (χ3v) is 3.74. The second-order valence-electron chi connectivity index (χ2n) is 5.11. The van der Waals surface area contributed by atoms with Gasteiger partial charge in [-0.25, -0.2) is 0 Å². The fourth-order valence-corrected chi connectivity index (χ4v) is 2.35. The average Bonchev–Trinajstić information content (AvgIpc) is 3.06. The molecule has 2 aromatic rings. The number of nitrogens with one attached hydrogen (secondary N) is 1. The molecule has 1 aliphatic heterocycles. The van der Waals surface area contributed by atoms with Crippen molar-refractivity contribution in [1.29, 1.82) is 0 Å². The fraction of sp³-hybridized carbons (Fsp3) is 0.312. The van der Waals surface area contributed by atoms with Crippen molar-refractivity contribution in [2.24, 2.45) is 7.05 Å². The number of ether oxygens (including phenoxy) is 2. The monoisotopic (exact) mass is 286 g/mol. The molecule has 21 heavy (non-hydrogen) atoms. The smallest absolute Gasteiger partial charge is 0.267 e. The van der Waals surface area contributed by atoms with Gasteiger partial charge in [-0.15, -0.1) is 0 Å². The van der Waals surface area contributed by atoms with Crippen LogP contribution in [0, 0.1) is 6.92 Å². The van der Waals surface area contributed by atoms with E-state index in [1.54, 1.807) is 0 Å². The van der Waals surface area contributed by atoms with Gasteiger partial charge in [0.1, 0.15) is 5.69 Å². The number of aryl methyl sites for hydroxylation is 1. The summed E-state index contributed by atoms with van der Waals surface area (Å²) in [6.45, 7) is 2.84. The summed E-state index contributed by atoms with van der Waals surface area (Å²) in [4.78, 5) is 12.1. The molecule has 1 aromatic heterocycles. The highest BCUT2D eigenvalue weighted by molar-refractivity contribution is 5.92. The Morgan fingerprint density at radius 3 is 2.81 bits per heavy atom. The van der Waals surface area contributed by atoms with Crippen molar-refractivity contribution in [3.05, 3.63) is 47.3 Å². The highest BCUT2D eigenvalue weighted by Gasteiger charge is 2.13. The first-order valence-corrected chi connectivity index (χ1v) is 6.94. The molecule has 0 atom stereocenters. The summed E-state index contributed by atoms with van der Waals surface area (Å²) in [5.74, 6) is 1.50. The number of benzene rings is 1. The third-order valence-electron chi connectivity index (χ3n) is 3.74. The van der Waals surface area contributed by atoms with E-state index in [4.69, 9.17) is 9.47 Å². The van der Waals surface area contributed by atoms with Gasteiger partial charge in [0.05, 0.1) is 0 Å². The lowest BCUT2D eigenvalue weighted by Gasteiger charge is -2.07. The van der Waals surface area contributed by atoms with E-state index < -0.39 is 0 Å². The third kappa shape index (κ3) is 2.72. The lowest BCUT2D eigenvalue weighted by molar-refractivity contribution is 0.0946. The van der Waals surface area contributed by atoms with Gasteiger partial charge in [0.15, 0.2) is 11.5 Å². The van der Waals surface area contributed by atoms with Crippen LogP contribution in [0.4, 0.5) is 0 Å². The lowest BCUT2D eigenvalue weighted by atomic mass is 10.1. The van der Waals surface area contributed by atoms with Crippen LogP contribution in [0.15, 0.2) is 30.3 Å². The number of aromatic nitrogens is 1. The zero-order chi connectivity index (χ0) is 14.8. The zero-order valence-corrected chi connectivity index (χ0v) is 12.2. The Kier molecular flexibility index (Phi) is 3.56. The average molecular weight is 286 g/mol. The van der Waals surface area contributed by atoms with Crippen LogP contribution in [0.1, 0.15) is 21.7 Å². The predicted molar refractivity (Wildman–Crippen MR) is 78.8 cm³/mol. The first kappa shape index (κ1) is 13.5. The molecule has 0 unspecified atom stereocenters. The van der Waals surface area contributed by atoms with Crippen molar-refractivity contribution in [1.82, 2.24) is 9.88 Å². The molecule has 1 aliphatic rings. The molecule has 5 heteroatoms. The van der Waals surface area contributed by atoms with Crippen LogP contribution in [-0.4, -0.2) is 23.8 Å². The van der Waals surface area contributed by atoms with E-state index in [1.165, 1.54) is 0 Å². The maximum Gasteiger partial charge on any atom is 0.267 e. The molecule has 0 saturated carbocycles. The van der Waals surface area contributed by atoms with Crippen LogP contribution in [-0.2, 0) is 13.5 Å². The number of amides is 1. The molecule has 3 rings (SSSR count). The van der Waals surface area contributed by atoms with Crippen molar-refractivity contribution in [3.63, 3.8) is 0 Å². The number of carbonyl (C=O) groups is 1. The first-order chi connectivity index (χ1) is 10.1. The summed E-state index contributed by atoms with van der Waals surface area (Å²) < 4.78 is 12.5. The van der Waals surface area contributed by atoms with Gasteiger partial charge in [-0.2, -0.15) is 0 Å². The van der Waals surface area contributed by atoms with Gasteiger partial charge >= 0.3 is 0 Å². The van der Waals surface area contributed by atoms with Gasteiger partial charge in [-0.1, -0.05) is 6.07 Å². The first-order valence-electron chi connectivity index (χ1n) is 6.94. The minimum atomic E-state index is -0.0497. The molecule has 0 spiro atoms. The number of rotatable bonds is 4. The van der Waals surface area contributed by atoms with Gasteiger partial charge < -0.3 is 19.4 Å². The molecule has 1 aromatic carbocycles. The van der Waals surface area contributed by atoms with E-state index in [0.29, 0.717) is 12.2 Å². The van der Waals surface area contributed by atoms with Crippen molar-refractivity contribution in [3.8, 4) is 11.5 Å². The predicted octanol–water partition coefficient (Wildman–Crippen LogP) is 2.03. The minimum absolute atomic E-state index is 0.0497. The Balaban J connectivity index is 1.56. The summed E-state index contributed by atoms with van der Waals surface area (Å²) >= 11 is 0. The van der Waals surface area contributed by atoms with Gasteiger partial charge in [0.25, 0.3) is 5.91 Å². The number of fused-ring (bicyclic) bond motifs is 1. The normalized spacial score (nSPS) is 12.5. The summed E-state index contributed by atoms with van der Waals surface area (Å²) in [5, 5.41) is 2.94. The van der Waals surface area contributed by atoms with E-state index in [0.717, 1.165) is 29.2 Å². The zero-order valence-electron chi connectivity index (χ0n) is 12.2. The highest BCUT2D eigenvalue weighted by atomic mass is 16.7. The van der Waals surface area contributed by atoms with E-state index in [9.17, 15) is 4.79 Å². The van der Waals surface area contributed by atoms with E-state index in [2.05, 4.69) is 5.32 Å². The highest BCUT2D eigenvalue weighted by Crippen LogP contribution is 2.32. The van der Waals surface area contributed by atoms with Crippen LogP contribution >= 0.6 is 0 Å². The maximum atomic E-state index is 12.1. The minimum Gasteiger partial charge on any atom is -0.454 e.